The number of ether oxygens (including phenoxy) is 1. The normalized spacial score (nSPS) is 10.9. The molecule has 1 aromatic rings. The van der Waals surface area contributed by atoms with Crippen molar-refractivity contribution in [2.75, 3.05) is 13.2 Å². The minimum atomic E-state index is -0.534. The number of carbonyl (C=O) groups is 3. The Labute approximate surface area is 117 Å². The average molecular weight is 281 g/mol. The number of carbonyl (C=O) groups excluding carboxylic acids is 3. The van der Waals surface area contributed by atoms with Crippen molar-refractivity contribution in [3.63, 3.8) is 0 Å². The van der Waals surface area contributed by atoms with Gasteiger partial charge in [-0.1, -0.05) is 20.8 Å². The van der Waals surface area contributed by atoms with Crippen molar-refractivity contribution in [3.05, 3.63) is 24.2 Å². The van der Waals surface area contributed by atoms with Crippen LogP contribution in [0.1, 0.15) is 37.7 Å². The first-order valence-electron chi connectivity index (χ1n) is 6.31. The molecule has 6 heteroatoms. The molecule has 20 heavy (non-hydrogen) atoms. The lowest BCUT2D eigenvalue weighted by atomic mass is 9.91. The minimum Gasteiger partial charge on any atom is -0.459 e. The van der Waals surface area contributed by atoms with Crippen LogP contribution in [0.15, 0.2) is 22.8 Å². The van der Waals surface area contributed by atoms with Crippen LogP contribution in [-0.2, 0) is 14.3 Å². The molecule has 0 aliphatic rings. The van der Waals surface area contributed by atoms with Gasteiger partial charge in [0.05, 0.1) is 12.7 Å². The molecule has 0 spiro atoms. The Morgan fingerprint density at radius 2 is 2.00 bits per heavy atom. The highest BCUT2D eigenvalue weighted by Gasteiger charge is 2.22. The zero-order valence-electron chi connectivity index (χ0n) is 11.9. The number of amides is 1. The summed E-state index contributed by atoms with van der Waals surface area (Å²) in [4.78, 5) is 34.4. The summed E-state index contributed by atoms with van der Waals surface area (Å²) in [6.07, 6.45) is 1.39. The molecule has 110 valence electrons. The fraction of sp³-hybridized carbons (Fsp3) is 0.500. The lowest BCUT2D eigenvalue weighted by Gasteiger charge is -2.16. The second-order valence-electron chi connectivity index (χ2n) is 5.32. The third-order valence-corrected chi connectivity index (χ3v) is 2.56. The number of ketones is 1. The van der Waals surface area contributed by atoms with Crippen molar-refractivity contribution in [3.8, 4) is 0 Å². The smallest absolute Gasteiger partial charge is 0.308 e. The number of esters is 1. The Hall–Kier alpha value is -2.11. The van der Waals surface area contributed by atoms with Gasteiger partial charge in [0.15, 0.2) is 18.2 Å². The zero-order valence-corrected chi connectivity index (χ0v) is 11.9. The molecule has 0 fully saturated rings. The van der Waals surface area contributed by atoms with Crippen molar-refractivity contribution in [2.24, 2.45) is 5.41 Å². The maximum absolute atomic E-state index is 11.5. The number of hydrogen-bond acceptors (Lipinski definition) is 5. The number of hydrogen-bond donors (Lipinski definition) is 1. The molecule has 0 saturated carbocycles. The van der Waals surface area contributed by atoms with Gasteiger partial charge in [-0.05, 0) is 12.1 Å². The summed E-state index contributed by atoms with van der Waals surface area (Å²) >= 11 is 0. The molecule has 0 atom stereocenters. The van der Waals surface area contributed by atoms with E-state index in [4.69, 9.17) is 9.15 Å². The molecule has 0 bridgehead atoms. The Morgan fingerprint density at radius 3 is 2.55 bits per heavy atom. The van der Waals surface area contributed by atoms with E-state index in [9.17, 15) is 14.4 Å². The minimum absolute atomic E-state index is 0.00384. The molecule has 0 saturated heterocycles. The molecule has 0 radical (unpaired) electrons. The largest absolute Gasteiger partial charge is 0.459 e. The summed E-state index contributed by atoms with van der Waals surface area (Å²) in [6, 6.07) is 3.12. The van der Waals surface area contributed by atoms with Crippen LogP contribution < -0.4 is 5.32 Å². The van der Waals surface area contributed by atoms with Crippen molar-refractivity contribution >= 4 is 17.7 Å². The number of Topliss-reactive ketones (excluding diaryl/α,β-unsaturated/α-hetero) is 1. The van der Waals surface area contributed by atoms with E-state index in [1.54, 1.807) is 26.8 Å². The number of rotatable bonds is 6. The molecule has 0 unspecified atom stereocenters. The van der Waals surface area contributed by atoms with Crippen LogP contribution in [0.25, 0.3) is 0 Å². The molecule has 1 amide bonds. The Bertz CT molecular complexity index is 470. The van der Waals surface area contributed by atoms with Crippen LogP contribution >= 0.6 is 0 Å². The molecule has 0 aliphatic carbocycles. The second-order valence-corrected chi connectivity index (χ2v) is 5.32. The third-order valence-electron chi connectivity index (χ3n) is 2.56. The van der Waals surface area contributed by atoms with Gasteiger partial charge in [0, 0.05) is 12.0 Å². The molecule has 1 rings (SSSR count). The van der Waals surface area contributed by atoms with Gasteiger partial charge in [-0.2, -0.15) is 0 Å². The lowest BCUT2D eigenvalue weighted by molar-refractivity contribution is -0.149. The van der Waals surface area contributed by atoms with Crippen molar-refractivity contribution < 1.29 is 23.5 Å². The number of nitrogens with one attached hydrogen (secondary N) is 1. The van der Waals surface area contributed by atoms with Gasteiger partial charge < -0.3 is 14.5 Å². The van der Waals surface area contributed by atoms with Gasteiger partial charge in [-0.3, -0.25) is 14.4 Å². The van der Waals surface area contributed by atoms with E-state index in [-0.39, 0.29) is 31.1 Å². The Morgan fingerprint density at radius 1 is 1.30 bits per heavy atom. The average Bonchev–Trinajstić information content (AvgIpc) is 2.88. The molecule has 0 aliphatic heterocycles. The highest BCUT2D eigenvalue weighted by atomic mass is 16.5. The molecular formula is C14H19NO5. The SMILES string of the molecule is CC(C)(C)C(=O)COC(=O)CCNC(=O)c1ccco1. The van der Waals surface area contributed by atoms with Crippen molar-refractivity contribution in [2.45, 2.75) is 27.2 Å². The van der Waals surface area contributed by atoms with E-state index in [1.165, 1.54) is 12.3 Å². The first-order chi connectivity index (χ1) is 9.30. The Balaban J connectivity index is 2.21. The molecule has 6 nitrogen and oxygen atoms in total. The predicted molar refractivity (Wildman–Crippen MR) is 71.1 cm³/mol. The maximum atomic E-state index is 11.5. The fourth-order valence-corrected chi connectivity index (χ4v) is 1.21. The van der Waals surface area contributed by atoms with E-state index < -0.39 is 17.3 Å². The van der Waals surface area contributed by atoms with E-state index in [0.29, 0.717) is 0 Å². The molecule has 1 aromatic heterocycles. The first-order valence-corrected chi connectivity index (χ1v) is 6.31. The van der Waals surface area contributed by atoms with Crippen LogP contribution in [0.5, 0.6) is 0 Å². The van der Waals surface area contributed by atoms with Gasteiger partial charge in [0.2, 0.25) is 0 Å². The third kappa shape index (κ3) is 5.26. The van der Waals surface area contributed by atoms with Gasteiger partial charge in [-0.25, -0.2) is 0 Å². The molecule has 0 aromatic carbocycles. The van der Waals surface area contributed by atoms with Gasteiger partial charge in [-0.15, -0.1) is 0 Å². The van der Waals surface area contributed by atoms with E-state index in [2.05, 4.69) is 5.32 Å². The van der Waals surface area contributed by atoms with Crippen LogP contribution in [0.2, 0.25) is 0 Å². The van der Waals surface area contributed by atoms with Crippen LogP contribution in [-0.4, -0.2) is 30.8 Å². The van der Waals surface area contributed by atoms with Crippen molar-refractivity contribution in [1.82, 2.24) is 5.32 Å². The zero-order chi connectivity index (χ0) is 15.2. The summed E-state index contributed by atoms with van der Waals surface area (Å²) in [6.45, 7) is 5.16. The fourth-order valence-electron chi connectivity index (χ4n) is 1.21. The Kier molecular flexibility index (Phi) is 5.49. The molecular weight excluding hydrogens is 262 g/mol. The van der Waals surface area contributed by atoms with Crippen LogP contribution in [0, 0.1) is 5.41 Å². The van der Waals surface area contributed by atoms with Crippen molar-refractivity contribution in [1.29, 1.82) is 0 Å². The summed E-state index contributed by atoms with van der Waals surface area (Å²) in [7, 11) is 0. The van der Waals surface area contributed by atoms with Crippen LogP contribution in [0.3, 0.4) is 0 Å². The quantitative estimate of drug-likeness (QED) is 0.800. The summed E-state index contributed by atoms with van der Waals surface area (Å²) in [5.74, 6) is -0.886. The van der Waals surface area contributed by atoms with Gasteiger partial charge >= 0.3 is 5.97 Å². The summed E-state index contributed by atoms with van der Waals surface area (Å²) in [5, 5.41) is 2.52. The monoisotopic (exact) mass is 281 g/mol. The maximum Gasteiger partial charge on any atom is 0.308 e. The molecule has 1 heterocycles. The van der Waals surface area contributed by atoms with E-state index in [1.807, 2.05) is 0 Å². The standard InChI is InChI=1S/C14H19NO5/c1-14(2,3)11(16)9-20-12(17)6-7-15-13(18)10-5-4-8-19-10/h4-5,8H,6-7,9H2,1-3H3,(H,15,18). The molecule has 1 N–H and O–H groups in total. The summed E-state index contributed by atoms with van der Waals surface area (Å²) < 4.78 is 9.74. The topological polar surface area (TPSA) is 85.6 Å². The highest BCUT2D eigenvalue weighted by molar-refractivity contribution is 5.91. The second kappa shape index (κ2) is 6.88. The van der Waals surface area contributed by atoms with E-state index in [0.717, 1.165) is 0 Å². The lowest BCUT2D eigenvalue weighted by Crippen LogP contribution is -2.29. The van der Waals surface area contributed by atoms with E-state index >= 15 is 0 Å². The number of furan rings is 1. The summed E-state index contributed by atoms with van der Waals surface area (Å²) in [5.41, 5.74) is -0.534. The predicted octanol–water partition coefficient (Wildman–Crippen LogP) is 1.56. The van der Waals surface area contributed by atoms with Gasteiger partial charge in [0.1, 0.15) is 0 Å². The first kappa shape index (κ1) is 15.9. The van der Waals surface area contributed by atoms with Gasteiger partial charge in [0.25, 0.3) is 5.91 Å². The highest BCUT2D eigenvalue weighted by Crippen LogP contribution is 2.14. The van der Waals surface area contributed by atoms with Crippen LogP contribution in [0.4, 0.5) is 0 Å².